The topological polar surface area (TPSA) is 66.6 Å². The van der Waals surface area contributed by atoms with Crippen molar-refractivity contribution in [3.05, 3.63) is 68.7 Å². The highest BCUT2D eigenvalue weighted by Gasteiger charge is 2.33. The van der Waals surface area contributed by atoms with E-state index in [4.69, 9.17) is 28.9 Å². The Morgan fingerprint density at radius 3 is 2.32 bits per heavy atom. The van der Waals surface area contributed by atoms with Crippen LogP contribution in [-0.4, -0.2) is 47.8 Å². The highest BCUT2D eigenvalue weighted by molar-refractivity contribution is 6.42. The van der Waals surface area contributed by atoms with Crippen molar-refractivity contribution in [2.75, 3.05) is 26.2 Å². The monoisotopic (exact) mass is 419 g/mol. The molecule has 3 rings (SSSR count). The van der Waals surface area contributed by atoms with Gasteiger partial charge in [0.25, 0.3) is 5.91 Å². The van der Waals surface area contributed by atoms with Crippen molar-refractivity contribution >= 4 is 35.0 Å². The smallest absolute Gasteiger partial charge is 0.254 e. The lowest BCUT2D eigenvalue weighted by atomic mass is 10.0. The second kappa shape index (κ2) is 8.52. The first kappa shape index (κ1) is 20.6. The molecule has 0 aromatic heterocycles. The summed E-state index contributed by atoms with van der Waals surface area (Å²) in [6, 6.07) is 10.8. The van der Waals surface area contributed by atoms with Crippen LogP contribution in [0.25, 0.3) is 0 Å². The standard InChI is InChI=1S/C21H23Cl2N3O2/c1-13-7-14(2)9-16(8-13)21(28)25-5-6-26(20(27)11-24)19(12-25)15-3-4-17(22)18(23)10-15/h3-4,7-10,19H,5-6,11-12,24H2,1-2H3/t19-/m0/s1. The zero-order valence-electron chi connectivity index (χ0n) is 15.9. The van der Waals surface area contributed by atoms with Crippen LogP contribution in [-0.2, 0) is 4.79 Å². The molecule has 0 spiro atoms. The molecule has 148 valence electrons. The normalized spacial score (nSPS) is 17.0. The Morgan fingerprint density at radius 2 is 1.71 bits per heavy atom. The molecule has 0 aliphatic carbocycles. The highest BCUT2D eigenvalue weighted by Crippen LogP contribution is 2.31. The first-order valence-corrected chi connectivity index (χ1v) is 9.88. The van der Waals surface area contributed by atoms with Crippen LogP contribution in [0, 0.1) is 13.8 Å². The summed E-state index contributed by atoms with van der Waals surface area (Å²) in [6.07, 6.45) is 0. The van der Waals surface area contributed by atoms with Gasteiger partial charge in [-0.2, -0.15) is 0 Å². The average Bonchev–Trinajstić information content (AvgIpc) is 2.67. The Morgan fingerprint density at radius 1 is 1.04 bits per heavy atom. The lowest BCUT2D eigenvalue weighted by molar-refractivity contribution is -0.134. The van der Waals surface area contributed by atoms with Gasteiger partial charge in [-0.1, -0.05) is 46.5 Å². The zero-order chi connectivity index (χ0) is 20.4. The third kappa shape index (κ3) is 4.32. The van der Waals surface area contributed by atoms with Crippen LogP contribution in [0.4, 0.5) is 0 Å². The maximum atomic E-state index is 13.1. The predicted octanol–water partition coefficient (Wildman–Crippen LogP) is 3.59. The molecule has 0 bridgehead atoms. The van der Waals surface area contributed by atoms with Crippen molar-refractivity contribution in [1.29, 1.82) is 0 Å². The van der Waals surface area contributed by atoms with Crippen LogP contribution in [0.1, 0.15) is 33.1 Å². The van der Waals surface area contributed by atoms with Gasteiger partial charge in [0, 0.05) is 25.2 Å². The lowest BCUT2D eigenvalue weighted by Gasteiger charge is -2.41. The number of carbonyl (C=O) groups is 2. The summed E-state index contributed by atoms with van der Waals surface area (Å²) in [5.41, 5.74) is 9.17. The molecule has 0 saturated carbocycles. The van der Waals surface area contributed by atoms with Gasteiger partial charge in [-0.15, -0.1) is 0 Å². The summed E-state index contributed by atoms with van der Waals surface area (Å²) in [5, 5.41) is 0.859. The second-order valence-electron chi connectivity index (χ2n) is 7.11. The molecule has 2 amide bonds. The molecule has 5 nitrogen and oxygen atoms in total. The van der Waals surface area contributed by atoms with E-state index in [1.165, 1.54) is 0 Å². The Balaban J connectivity index is 1.91. The number of hydrogen-bond donors (Lipinski definition) is 1. The average molecular weight is 420 g/mol. The molecule has 7 heteroatoms. The third-order valence-electron chi connectivity index (χ3n) is 4.96. The van der Waals surface area contributed by atoms with Crippen LogP contribution in [0.15, 0.2) is 36.4 Å². The quantitative estimate of drug-likeness (QED) is 0.825. The molecule has 28 heavy (non-hydrogen) atoms. The van der Waals surface area contributed by atoms with E-state index in [-0.39, 0.29) is 24.4 Å². The fraction of sp³-hybridized carbons (Fsp3) is 0.333. The van der Waals surface area contributed by atoms with E-state index in [2.05, 4.69) is 0 Å². The Bertz CT molecular complexity index is 896. The number of nitrogens with two attached hydrogens (primary N) is 1. The lowest BCUT2D eigenvalue weighted by Crippen LogP contribution is -2.53. The molecule has 1 fully saturated rings. The molecule has 1 saturated heterocycles. The zero-order valence-corrected chi connectivity index (χ0v) is 17.4. The first-order valence-electron chi connectivity index (χ1n) is 9.12. The SMILES string of the molecule is Cc1cc(C)cc(C(=O)N2CCN(C(=O)CN)[C@H](c3ccc(Cl)c(Cl)c3)C2)c1. The van der Waals surface area contributed by atoms with E-state index >= 15 is 0 Å². The molecule has 2 aromatic carbocycles. The van der Waals surface area contributed by atoms with Crippen molar-refractivity contribution in [2.24, 2.45) is 5.73 Å². The minimum absolute atomic E-state index is 0.0447. The minimum Gasteiger partial charge on any atom is -0.334 e. The van der Waals surface area contributed by atoms with Crippen LogP contribution < -0.4 is 5.73 Å². The summed E-state index contributed by atoms with van der Waals surface area (Å²) in [7, 11) is 0. The fourth-order valence-corrected chi connectivity index (χ4v) is 3.98. The molecule has 2 aromatic rings. The molecule has 1 heterocycles. The molecule has 0 unspecified atom stereocenters. The van der Waals surface area contributed by atoms with E-state index in [0.29, 0.717) is 35.2 Å². The van der Waals surface area contributed by atoms with Gasteiger partial charge in [-0.3, -0.25) is 9.59 Å². The van der Waals surface area contributed by atoms with Gasteiger partial charge in [0.2, 0.25) is 5.91 Å². The third-order valence-corrected chi connectivity index (χ3v) is 5.70. The Labute approximate surface area is 175 Å². The minimum atomic E-state index is -0.325. The van der Waals surface area contributed by atoms with Gasteiger partial charge >= 0.3 is 0 Å². The second-order valence-corrected chi connectivity index (χ2v) is 7.92. The summed E-state index contributed by atoms with van der Waals surface area (Å²) in [5.74, 6) is -0.203. The van der Waals surface area contributed by atoms with Crippen molar-refractivity contribution in [3.63, 3.8) is 0 Å². The maximum Gasteiger partial charge on any atom is 0.254 e. The summed E-state index contributed by atoms with van der Waals surface area (Å²) >= 11 is 12.2. The van der Waals surface area contributed by atoms with Gasteiger partial charge < -0.3 is 15.5 Å². The van der Waals surface area contributed by atoms with Gasteiger partial charge in [-0.05, 0) is 43.7 Å². The predicted molar refractivity (Wildman–Crippen MR) is 112 cm³/mol. The van der Waals surface area contributed by atoms with E-state index in [0.717, 1.165) is 16.7 Å². The Kier molecular flexibility index (Phi) is 6.28. The molecule has 2 N–H and O–H groups in total. The first-order chi connectivity index (χ1) is 13.3. The number of piperazine rings is 1. The van der Waals surface area contributed by atoms with Crippen molar-refractivity contribution < 1.29 is 9.59 Å². The molecule has 1 aliphatic heterocycles. The van der Waals surface area contributed by atoms with Gasteiger partial charge in [0.15, 0.2) is 0 Å². The van der Waals surface area contributed by atoms with Crippen LogP contribution in [0.2, 0.25) is 10.0 Å². The summed E-state index contributed by atoms with van der Waals surface area (Å²) in [4.78, 5) is 29.0. The highest BCUT2D eigenvalue weighted by atomic mass is 35.5. The molecular formula is C21H23Cl2N3O2. The van der Waals surface area contributed by atoms with E-state index in [1.54, 1.807) is 21.9 Å². The van der Waals surface area contributed by atoms with Crippen molar-refractivity contribution in [2.45, 2.75) is 19.9 Å². The van der Waals surface area contributed by atoms with Gasteiger partial charge in [0.1, 0.15) is 0 Å². The molecule has 0 radical (unpaired) electrons. The number of carbonyl (C=O) groups excluding carboxylic acids is 2. The summed E-state index contributed by atoms with van der Waals surface area (Å²) in [6.45, 7) is 5.10. The Hall–Kier alpha value is -2.08. The number of nitrogens with zero attached hydrogens (tertiary/aromatic N) is 2. The molecule has 1 aliphatic rings. The summed E-state index contributed by atoms with van der Waals surface area (Å²) < 4.78 is 0. The number of benzene rings is 2. The largest absolute Gasteiger partial charge is 0.334 e. The number of aryl methyl sites for hydroxylation is 2. The fourth-order valence-electron chi connectivity index (χ4n) is 3.67. The van der Waals surface area contributed by atoms with Crippen molar-refractivity contribution in [1.82, 2.24) is 9.80 Å². The van der Waals surface area contributed by atoms with E-state index in [1.807, 2.05) is 38.1 Å². The number of halogens is 2. The van der Waals surface area contributed by atoms with E-state index < -0.39 is 0 Å². The van der Waals surface area contributed by atoms with Crippen LogP contribution in [0.5, 0.6) is 0 Å². The van der Waals surface area contributed by atoms with Crippen LogP contribution in [0.3, 0.4) is 0 Å². The van der Waals surface area contributed by atoms with Gasteiger partial charge in [0.05, 0.1) is 22.6 Å². The number of rotatable bonds is 3. The van der Waals surface area contributed by atoms with Crippen molar-refractivity contribution in [3.8, 4) is 0 Å². The van der Waals surface area contributed by atoms with E-state index in [9.17, 15) is 9.59 Å². The van der Waals surface area contributed by atoms with Gasteiger partial charge in [-0.25, -0.2) is 0 Å². The maximum absolute atomic E-state index is 13.1. The molecular weight excluding hydrogens is 397 g/mol. The number of amides is 2. The van der Waals surface area contributed by atoms with Crippen LogP contribution >= 0.6 is 23.2 Å². The number of hydrogen-bond acceptors (Lipinski definition) is 3. The molecule has 1 atom stereocenters.